The van der Waals surface area contributed by atoms with Crippen LogP contribution in [0.2, 0.25) is 0 Å². The van der Waals surface area contributed by atoms with E-state index in [2.05, 4.69) is 13.2 Å². The van der Waals surface area contributed by atoms with Gasteiger partial charge in [-0.05, 0) is 0 Å². The van der Waals surface area contributed by atoms with Crippen molar-refractivity contribution >= 4 is 43.7 Å². The third kappa shape index (κ3) is 5.92. The first-order valence-corrected chi connectivity index (χ1v) is 12.4. The van der Waals surface area contributed by atoms with Crippen LogP contribution in [0.1, 0.15) is 45.7 Å². The monoisotopic (exact) mass is 526 g/mol. The molecule has 3 aromatic rings. The molecule has 0 N–H and O–H groups in total. The standard InChI is InChI=1S/C26H23IO4/c1-18(2)20-10-14-22(15-11-20)25(28)30-27(24-8-6-5-7-9-24)31-26(29)23-16-12-21(13-17-23)19(3)4/h5-17H,1,3H2,2,4H3. The summed E-state index contributed by atoms with van der Waals surface area (Å²) >= 11 is -3.06. The van der Waals surface area contributed by atoms with Crippen LogP contribution in [-0.4, -0.2) is 11.9 Å². The zero-order valence-corrected chi connectivity index (χ0v) is 19.6. The van der Waals surface area contributed by atoms with E-state index >= 15 is 0 Å². The van der Waals surface area contributed by atoms with E-state index in [9.17, 15) is 9.59 Å². The quantitative estimate of drug-likeness (QED) is 0.312. The fraction of sp³-hybridized carbons (Fsp3) is 0.0769. The fourth-order valence-electron chi connectivity index (χ4n) is 2.62. The van der Waals surface area contributed by atoms with E-state index in [1.54, 1.807) is 36.4 Å². The molecule has 0 aliphatic carbocycles. The van der Waals surface area contributed by atoms with Crippen LogP contribution >= 0.6 is 20.6 Å². The number of rotatable bonds is 7. The van der Waals surface area contributed by atoms with E-state index in [1.807, 2.05) is 56.3 Å². The Hall–Kier alpha value is -3.19. The average molecular weight is 526 g/mol. The number of hydrogen-bond acceptors (Lipinski definition) is 4. The minimum absolute atomic E-state index is 0.394. The molecular formula is C26H23IO4. The summed E-state index contributed by atoms with van der Waals surface area (Å²) in [6.45, 7) is 11.6. The summed E-state index contributed by atoms with van der Waals surface area (Å²) in [7, 11) is 0. The van der Waals surface area contributed by atoms with Crippen molar-refractivity contribution in [1.29, 1.82) is 0 Å². The predicted molar refractivity (Wildman–Crippen MR) is 132 cm³/mol. The number of halogens is 1. The zero-order chi connectivity index (χ0) is 22.4. The van der Waals surface area contributed by atoms with Gasteiger partial charge in [0.15, 0.2) is 0 Å². The van der Waals surface area contributed by atoms with Gasteiger partial charge in [0.2, 0.25) is 0 Å². The molecule has 0 aromatic heterocycles. The van der Waals surface area contributed by atoms with E-state index < -0.39 is 32.6 Å². The Morgan fingerprint density at radius 2 is 0.968 bits per heavy atom. The SMILES string of the molecule is C=C(C)c1ccc(C(=O)OI(OC(=O)c2ccc(C(=C)C)cc2)c2ccccc2)cc1. The van der Waals surface area contributed by atoms with Crippen molar-refractivity contribution in [3.8, 4) is 0 Å². The molecule has 0 amide bonds. The van der Waals surface area contributed by atoms with Crippen LogP contribution in [0.3, 0.4) is 0 Å². The summed E-state index contributed by atoms with van der Waals surface area (Å²) in [6.07, 6.45) is 0. The van der Waals surface area contributed by atoms with Crippen molar-refractivity contribution in [2.24, 2.45) is 0 Å². The van der Waals surface area contributed by atoms with Gasteiger partial charge in [-0.3, -0.25) is 0 Å². The van der Waals surface area contributed by atoms with Crippen LogP contribution in [0.4, 0.5) is 0 Å². The third-order valence-electron chi connectivity index (χ3n) is 4.42. The van der Waals surface area contributed by atoms with Gasteiger partial charge in [0.05, 0.1) is 0 Å². The first kappa shape index (κ1) is 22.5. The summed E-state index contributed by atoms with van der Waals surface area (Å²) in [4.78, 5) is 25.5. The summed E-state index contributed by atoms with van der Waals surface area (Å²) < 4.78 is 12.1. The van der Waals surface area contributed by atoms with Crippen LogP contribution in [0, 0.1) is 3.57 Å². The van der Waals surface area contributed by atoms with E-state index in [0.717, 1.165) is 22.3 Å². The van der Waals surface area contributed by atoms with Gasteiger partial charge in [0, 0.05) is 0 Å². The second kappa shape index (κ2) is 10.2. The number of carbonyl (C=O) groups is 2. The van der Waals surface area contributed by atoms with Gasteiger partial charge >= 0.3 is 191 Å². The summed E-state index contributed by atoms with van der Waals surface area (Å²) in [5.41, 5.74) is 4.49. The van der Waals surface area contributed by atoms with Crippen molar-refractivity contribution in [1.82, 2.24) is 0 Å². The van der Waals surface area contributed by atoms with Gasteiger partial charge in [-0.25, -0.2) is 0 Å². The van der Waals surface area contributed by atoms with Crippen molar-refractivity contribution in [2.75, 3.05) is 0 Å². The molecule has 0 spiro atoms. The molecule has 0 unspecified atom stereocenters. The molecule has 0 saturated carbocycles. The summed E-state index contributed by atoms with van der Waals surface area (Å²) in [5, 5.41) is 0. The first-order valence-electron chi connectivity index (χ1n) is 9.57. The van der Waals surface area contributed by atoms with Gasteiger partial charge in [0.1, 0.15) is 0 Å². The molecule has 31 heavy (non-hydrogen) atoms. The van der Waals surface area contributed by atoms with Crippen LogP contribution in [0.5, 0.6) is 0 Å². The molecule has 3 rings (SSSR count). The van der Waals surface area contributed by atoms with Crippen molar-refractivity contribution in [3.63, 3.8) is 0 Å². The topological polar surface area (TPSA) is 52.6 Å². The van der Waals surface area contributed by atoms with Gasteiger partial charge in [0.25, 0.3) is 0 Å². The molecule has 5 heteroatoms. The van der Waals surface area contributed by atoms with Crippen molar-refractivity contribution in [3.05, 3.63) is 118 Å². The van der Waals surface area contributed by atoms with Crippen LogP contribution in [-0.2, 0) is 6.13 Å². The Morgan fingerprint density at radius 1 is 0.613 bits per heavy atom. The van der Waals surface area contributed by atoms with E-state index in [4.69, 9.17) is 6.13 Å². The maximum atomic E-state index is 12.7. The first-order chi connectivity index (χ1) is 14.8. The molecule has 0 radical (unpaired) electrons. The number of benzene rings is 3. The Labute approximate surface area is 190 Å². The van der Waals surface area contributed by atoms with E-state index in [-0.39, 0.29) is 0 Å². The molecule has 0 fully saturated rings. The Bertz CT molecular complexity index is 1030. The zero-order valence-electron chi connectivity index (χ0n) is 17.4. The molecule has 0 heterocycles. The fourth-order valence-corrected chi connectivity index (χ4v) is 5.46. The Morgan fingerprint density at radius 3 is 1.32 bits per heavy atom. The summed E-state index contributed by atoms with van der Waals surface area (Å²) in [6, 6.07) is 23.1. The second-order valence-electron chi connectivity index (χ2n) is 6.96. The van der Waals surface area contributed by atoms with Crippen molar-refractivity contribution < 1.29 is 15.7 Å². The maximum absolute atomic E-state index is 12.7. The number of carbonyl (C=O) groups excluding carboxylic acids is 2. The minimum atomic E-state index is -3.06. The van der Waals surface area contributed by atoms with E-state index in [0.29, 0.717) is 14.7 Å². The van der Waals surface area contributed by atoms with Gasteiger partial charge < -0.3 is 0 Å². The Balaban J connectivity index is 1.80. The van der Waals surface area contributed by atoms with Crippen LogP contribution in [0.15, 0.2) is 92.0 Å². The van der Waals surface area contributed by atoms with E-state index in [1.165, 1.54) is 0 Å². The van der Waals surface area contributed by atoms with Crippen LogP contribution < -0.4 is 0 Å². The molecule has 158 valence electrons. The number of allylic oxidation sites excluding steroid dienone is 2. The van der Waals surface area contributed by atoms with Gasteiger partial charge in [-0.1, -0.05) is 0 Å². The third-order valence-corrected chi connectivity index (χ3v) is 7.75. The molecule has 3 aromatic carbocycles. The molecule has 0 aliphatic heterocycles. The van der Waals surface area contributed by atoms with Crippen LogP contribution in [0.25, 0.3) is 11.1 Å². The molecule has 4 nitrogen and oxygen atoms in total. The predicted octanol–water partition coefficient (Wildman–Crippen LogP) is 6.97. The normalized spacial score (nSPS) is 10.7. The molecule has 0 aliphatic rings. The summed E-state index contributed by atoms with van der Waals surface area (Å²) in [5.74, 6) is -1.04. The van der Waals surface area contributed by atoms with Gasteiger partial charge in [-0.2, -0.15) is 0 Å². The molecule has 0 atom stereocenters. The second-order valence-corrected chi connectivity index (χ2v) is 10.3. The van der Waals surface area contributed by atoms with Crippen molar-refractivity contribution in [2.45, 2.75) is 13.8 Å². The number of hydrogen-bond donors (Lipinski definition) is 0. The van der Waals surface area contributed by atoms with Gasteiger partial charge in [-0.15, -0.1) is 0 Å². The molecule has 0 bridgehead atoms. The molecule has 0 saturated heterocycles. The molecular weight excluding hydrogens is 503 g/mol. The average Bonchev–Trinajstić information content (AvgIpc) is 2.79. The Kier molecular flexibility index (Phi) is 7.41.